The number of carbonyl (C=O) groups is 1. The zero-order chi connectivity index (χ0) is 12.4. The van der Waals surface area contributed by atoms with Gasteiger partial charge in [0.2, 0.25) is 5.95 Å². The summed E-state index contributed by atoms with van der Waals surface area (Å²) in [5, 5.41) is 0.704. The number of hydrogen-bond acceptors (Lipinski definition) is 2. The summed E-state index contributed by atoms with van der Waals surface area (Å²) in [4.78, 5) is 14.1. The second-order valence-electron chi connectivity index (χ2n) is 3.35. The van der Waals surface area contributed by atoms with Gasteiger partial charge in [0.15, 0.2) is 6.29 Å². The molecule has 1 aromatic carbocycles. The summed E-state index contributed by atoms with van der Waals surface area (Å²) >= 11 is 11.6. The van der Waals surface area contributed by atoms with E-state index in [4.69, 9.17) is 23.2 Å². The molecule has 1 aromatic heterocycles. The first kappa shape index (κ1) is 12.0. The van der Waals surface area contributed by atoms with Gasteiger partial charge in [-0.05, 0) is 23.8 Å². The maximum absolute atomic E-state index is 13.5. The lowest BCUT2D eigenvalue weighted by Crippen LogP contribution is -1.92. The van der Waals surface area contributed by atoms with E-state index in [0.29, 0.717) is 27.5 Å². The van der Waals surface area contributed by atoms with Crippen molar-refractivity contribution < 1.29 is 9.18 Å². The highest BCUT2D eigenvalue weighted by Gasteiger charge is 2.09. The van der Waals surface area contributed by atoms with E-state index in [1.54, 1.807) is 12.1 Å². The standard InChI is InChI=1S/C12H6Cl2FNO/c13-10-2-1-8(4-11(10)14)9-3-7(6-17)5-16-12(9)15/h1-6H. The van der Waals surface area contributed by atoms with Crippen LogP contribution in [0, 0.1) is 5.95 Å². The van der Waals surface area contributed by atoms with Gasteiger partial charge in [-0.1, -0.05) is 29.3 Å². The Balaban J connectivity index is 2.58. The highest BCUT2D eigenvalue weighted by molar-refractivity contribution is 6.42. The first-order chi connectivity index (χ1) is 8.11. The van der Waals surface area contributed by atoms with Crippen LogP contribution in [0.25, 0.3) is 11.1 Å². The fourth-order valence-corrected chi connectivity index (χ4v) is 1.69. The van der Waals surface area contributed by atoms with Crippen LogP contribution in [0.15, 0.2) is 30.5 Å². The Labute approximate surface area is 107 Å². The number of nitrogens with zero attached hydrogens (tertiary/aromatic N) is 1. The molecule has 2 nitrogen and oxygen atoms in total. The molecule has 0 unspecified atom stereocenters. The average molecular weight is 270 g/mol. The quantitative estimate of drug-likeness (QED) is 0.609. The van der Waals surface area contributed by atoms with Gasteiger partial charge in [0.1, 0.15) is 0 Å². The second-order valence-corrected chi connectivity index (χ2v) is 4.17. The summed E-state index contributed by atoms with van der Waals surface area (Å²) in [5.74, 6) is -0.658. The zero-order valence-corrected chi connectivity index (χ0v) is 9.97. The third-order valence-corrected chi connectivity index (χ3v) is 2.97. The van der Waals surface area contributed by atoms with Crippen molar-refractivity contribution in [2.75, 3.05) is 0 Å². The first-order valence-corrected chi connectivity index (χ1v) is 5.43. The molecule has 0 aliphatic carbocycles. The molecule has 2 rings (SSSR count). The molecule has 17 heavy (non-hydrogen) atoms. The predicted octanol–water partition coefficient (Wildman–Crippen LogP) is 4.01. The van der Waals surface area contributed by atoms with Crippen molar-refractivity contribution in [3.8, 4) is 11.1 Å². The van der Waals surface area contributed by atoms with Crippen molar-refractivity contribution in [1.82, 2.24) is 4.98 Å². The van der Waals surface area contributed by atoms with Crippen LogP contribution < -0.4 is 0 Å². The molecule has 0 aliphatic heterocycles. The molecule has 0 saturated heterocycles. The molecule has 0 amide bonds. The second kappa shape index (κ2) is 4.82. The maximum atomic E-state index is 13.5. The fraction of sp³-hybridized carbons (Fsp3) is 0. The molecule has 86 valence electrons. The highest BCUT2D eigenvalue weighted by atomic mass is 35.5. The summed E-state index contributed by atoms with van der Waals surface area (Å²) < 4.78 is 13.5. The molecule has 1 heterocycles. The summed E-state index contributed by atoms with van der Waals surface area (Å²) in [7, 11) is 0. The van der Waals surface area contributed by atoms with Crippen LogP contribution in [0.5, 0.6) is 0 Å². The van der Waals surface area contributed by atoms with E-state index in [9.17, 15) is 9.18 Å². The van der Waals surface area contributed by atoms with Gasteiger partial charge in [-0.3, -0.25) is 4.79 Å². The minimum atomic E-state index is -0.658. The lowest BCUT2D eigenvalue weighted by atomic mass is 10.1. The number of hydrogen-bond donors (Lipinski definition) is 0. The molecule has 0 fully saturated rings. The van der Waals surface area contributed by atoms with Gasteiger partial charge in [0, 0.05) is 17.3 Å². The van der Waals surface area contributed by atoms with Gasteiger partial charge in [0.05, 0.1) is 10.0 Å². The van der Waals surface area contributed by atoms with Crippen LogP contribution >= 0.6 is 23.2 Å². The number of pyridine rings is 1. The number of aromatic nitrogens is 1. The van der Waals surface area contributed by atoms with Crippen molar-refractivity contribution in [3.05, 3.63) is 52.0 Å². The largest absolute Gasteiger partial charge is 0.298 e. The van der Waals surface area contributed by atoms with E-state index in [-0.39, 0.29) is 5.56 Å². The van der Waals surface area contributed by atoms with Gasteiger partial charge in [0.25, 0.3) is 0 Å². The Morgan fingerprint density at radius 2 is 1.94 bits per heavy atom. The Kier molecular flexibility index (Phi) is 3.41. The van der Waals surface area contributed by atoms with E-state index >= 15 is 0 Å². The Morgan fingerprint density at radius 1 is 1.18 bits per heavy atom. The Bertz CT molecular complexity index is 587. The van der Waals surface area contributed by atoms with Gasteiger partial charge in [-0.15, -0.1) is 0 Å². The van der Waals surface area contributed by atoms with Crippen LogP contribution in [-0.4, -0.2) is 11.3 Å². The molecule has 0 saturated carbocycles. The fourth-order valence-electron chi connectivity index (χ4n) is 1.39. The number of benzene rings is 1. The van der Waals surface area contributed by atoms with E-state index in [2.05, 4.69) is 4.98 Å². The van der Waals surface area contributed by atoms with E-state index < -0.39 is 5.95 Å². The van der Waals surface area contributed by atoms with Crippen LogP contribution in [0.3, 0.4) is 0 Å². The van der Waals surface area contributed by atoms with Crippen molar-refractivity contribution in [1.29, 1.82) is 0 Å². The zero-order valence-electron chi connectivity index (χ0n) is 8.45. The Hall–Kier alpha value is -1.45. The van der Waals surface area contributed by atoms with Gasteiger partial charge in [-0.25, -0.2) is 4.98 Å². The minimum Gasteiger partial charge on any atom is -0.298 e. The minimum absolute atomic E-state index is 0.216. The average Bonchev–Trinajstić information content (AvgIpc) is 2.33. The van der Waals surface area contributed by atoms with Crippen LogP contribution in [0.2, 0.25) is 10.0 Å². The van der Waals surface area contributed by atoms with Crippen molar-refractivity contribution in [3.63, 3.8) is 0 Å². The molecule has 5 heteroatoms. The third-order valence-electron chi connectivity index (χ3n) is 2.23. The van der Waals surface area contributed by atoms with E-state index in [1.165, 1.54) is 18.3 Å². The summed E-state index contributed by atoms with van der Waals surface area (Å²) in [6.07, 6.45) is 1.77. The lowest BCUT2D eigenvalue weighted by Gasteiger charge is -2.05. The number of carbonyl (C=O) groups excluding carboxylic acids is 1. The van der Waals surface area contributed by atoms with Gasteiger partial charge in [-0.2, -0.15) is 4.39 Å². The number of rotatable bonds is 2. The van der Waals surface area contributed by atoms with Crippen molar-refractivity contribution >= 4 is 29.5 Å². The molecule has 0 N–H and O–H groups in total. The number of aldehydes is 1. The molecule has 2 aromatic rings. The van der Waals surface area contributed by atoms with E-state index in [1.807, 2.05) is 0 Å². The molecule has 0 radical (unpaired) electrons. The van der Waals surface area contributed by atoms with Crippen molar-refractivity contribution in [2.45, 2.75) is 0 Å². The lowest BCUT2D eigenvalue weighted by molar-refractivity contribution is 0.112. The van der Waals surface area contributed by atoms with Crippen LogP contribution in [-0.2, 0) is 0 Å². The van der Waals surface area contributed by atoms with Gasteiger partial charge >= 0.3 is 0 Å². The third kappa shape index (κ3) is 2.46. The topological polar surface area (TPSA) is 30.0 Å². The van der Waals surface area contributed by atoms with Gasteiger partial charge < -0.3 is 0 Å². The summed E-state index contributed by atoms with van der Waals surface area (Å²) in [6, 6.07) is 6.11. The summed E-state index contributed by atoms with van der Waals surface area (Å²) in [6.45, 7) is 0. The molecule has 0 spiro atoms. The van der Waals surface area contributed by atoms with Crippen molar-refractivity contribution in [2.24, 2.45) is 0 Å². The smallest absolute Gasteiger partial charge is 0.220 e. The molecular formula is C12H6Cl2FNO. The Morgan fingerprint density at radius 3 is 2.59 bits per heavy atom. The number of halogens is 3. The normalized spacial score (nSPS) is 10.3. The first-order valence-electron chi connectivity index (χ1n) is 4.68. The highest BCUT2D eigenvalue weighted by Crippen LogP contribution is 2.29. The molecule has 0 aliphatic rings. The van der Waals surface area contributed by atoms with Crippen LogP contribution in [0.4, 0.5) is 4.39 Å². The molecule has 0 atom stereocenters. The van der Waals surface area contributed by atoms with Crippen LogP contribution in [0.1, 0.15) is 10.4 Å². The molecule has 0 bridgehead atoms. The van der Waals surface area contributed by atoms with E-state index in [0.717, 1.165) is 0 Å². The SMILES string of the molecule is O=Cc1cnc(F)c(-c2ccc(Cl)c(Cl)c2)c1. The monoisotopic (exact) mass is 269 g/mol. The molecular weight excluding hydrogens is 264 g/mol. The maximum Gasteiger partial charge on any atom is 0.220 e. The summed E-state index contributed by atoms with van der Waals surface area (Å²) in [5.41, 5.74) is 1.04. The predicted molar refractivity (Wildman–Crippen MR) is 65.0 cm³/mol.